The van der Waals surface area contributed by atoms with Gasteiger partial charge in [-0.05, 0) is 19.3 Å². The van der Waals surface area contributed by atoms with Gasteiger partial charge in [0.05, 0.1) is 13.2 Å². The van der Waals surface area contributed by atoms with E-state index in [4.69, 9.17) is 14.5 Å². The van der Waals surface area contributed by atoms with Crippen molar-refractivity contribution in [3.05, 3.63) is 12.7 Å². The predicted octanol–water partition coefficient (Wildman–Crippen LogP) is 1.68. The Balaban J connectivity index is 2.19. The lowest BCUT2D eigenvalue weighted by Crippen LogP contribution is -2.38. The number of carbonyl (C=O) groups excluding carboxylic acids is 1. The smallest absolute Gasteiger partial charge is 0.369 e. The van der Waals surface area contributed by atoms with Crippen molar-refractivity contribution in [1.29, 1.82) is 0 Å². The van der Waals surface area contributed by atoms with Gasteiger partial charge in [0.15, 0.2) is 6.29 Å². The molecule has 1 heterocycles. The van der Waals surface area contributed by atoms with E-state index in [1.165, 1.54) is 14.0 Å². The van der Waals surface area contributed by atoms with Crippen molar-refractivity contribution < 1.29 is 29.1 Å². The van der Waals surface area contributed by atoms with Gasteiger partial charge < -0.3 is 14.6 Å². The summed E-state index contributed by atoms with van der Waals surface area (Å²) in [5, 5.41) is 9.51. The highest BCUT2D eigenvalue weighted by atomic mass is 17.3. The monoisotopic (exact) mass is 274 g/mol. The Labute approximate surface area is 113 Å². The Morgan fingerprint density at radius 1 is 1.58 bits per heavy atom. The quantitative estimate of drug-likeness (QED) is 0.314. The summed E-state index contributed by atoms with van der Waals surface area (Å²) in [6, 6.07) is 0. The van der Waals surface area contributed by atoms with Crippen LogP contribution in [0.5, 0.6) is 0 Å². The van der Waals surface area contributed by atoms with Gasteiger partial charge in [-0.2, -0.15) is 4.89 Å². The van der Waals surface area contributed by atoms with Crippen molar-refractivity contribution in [2.45, 2.75) is 57.2 Å². The minimum absolute atomic E-state index is 0.348. The number of methoxy groups -OCH3 is 1. The normalized spacial score (nSPS) is 28.1. The van der Waals surface area contributed by atoms with E-state index >= 15 is 0 Å². The van der Waals surface area contributed by atoms with Crippen LogP contribution in [-0.2, 0) is 24.0 Å². The standard InChI is InChI=1S/C13H22O6/c1-4-7-10(14)8-5-6-9-11-17-13(2,19-18-11)12(15)16-3/h4,10-11,14H,1,5-9H2,2-3H3. The minimum Gasteiger partial charge on any atom is -0.465 e. The highest BCUT2D eigenvalue weighted by Crippen LogP contribution is 2.28. The Hall–Kier alpha value is -0.950. The third-order valence-electron chi connectivity index (χ3n) is 2.89. The molecule has 0 aromatic carbocycles. The fraction of sp³-hybridized carbons (Fsp3) is 0.769. The summed E-state index contributed by atoms with van der Waals surface area (Å²) < 4.78 is 9.92. The highest BCUT2D eigenvalue weighted by Gasteiger charge is 2.47. The molecule has 0 saturated carbocycles. The first kappa shape index (κ1) is 16.1. The van der Waals surface area contributed by atoms with Gasteiger partial charge in [0, 0.05) is 13.3 Å². The number of aliphatic hydroxyl groups is 1. The number of unbranched alkanes of at least 4 members (excludes halogenated alkanes) is 1. The number of ether oxygens (including phenoxy) is 2. The van der Waals surface area contributed by atoms with Crippen LogP contribution in [0.15, 0.2) is 12.7 Å². The molecule has 1 N–H and O–H groups in total. The number of esters is 1. The number of carbonyl (C=O) groups is 1. The molecule has 0 spiro atoms. The summed E-state index contributed by atoms with van der Waals surface area (Å²) >= 11 is 0. The molecule has 0 aromatic heterocycles. The third kappa shape index (κ3) is 4.91. The van der Waals surface area contributed by atoms with Crippen LogP contribution < -0.4 is 0 Å². The topological polar surface area (TPSA) is 74.2 Å². The van der Waals surface area contributed by atoms with Crippen molar-refractivity contribution in [2.24, 2.45) is 0 Å². The van der Waals surface area contributed by atoms with Gasteiger partial charge in [-0.3, -0.25) is 0 Å². The van der Waals surface area contributed by atoms with Gasteiger partial charge in [0.1, 0.15) is 0 Å². The van der Waals surface area contributed by atoms with Crippen LogP contribution in [0.2, 0.25) is 0 Å². The lowest BCUT2D eigenvalue weighted by molar-refractivity contribution is -0.321. The van der Waals surface area contributed by atoms with Crippen LogP contribution >= 0.6 is 0 Å². The van der Waals surface area contributed by atoms with Crippen molar-refractivity contribution in [3.8, 4) is 0 Å². The van der Waals surface area contributed by atoms with Crippen molar-refractivity contribution in [1.82, 2.24) is 0 Å². The first-order chi connectivity index (χ1) is 9.01. The highest BCUT2D eigenvalue weighted by molar-refractivity contribution is 5.77. The second kappa shape index (κ2) is 7.59. The van der Waals surface area contributed by atoms with Crippen molar-refractivity contribution in [3.63, 3.8) is 0 Å². The Kier molecular flexibility index (Phi) is 6.44. The summed E-state index contributed by atoms with van der Waals surface area (Å²) in [5.41, 5.74) is 0. The van der Waals surface area contributed by atoms with Gasteiger partial charge in [-0.15, -0.1) is 6.58 Å². The van der Waals surface area contributed by atoms with E-state index in [1.807, 2.05) is 0 Å². The van der Waals surface area contributed by atoms with E-state index in [9.17, 15) is 9.90 Å². The average molecular weight is 274 g/mol. The first-order valence-electron chi connectivity index (χ1n) is 6.41. The zero-order chi connectivity index (χ0) is 14.3. The molecule has 6 heteroatoms. The molecular weight excluding hydrogens is 252 g/mol. The Morgan fingerprint density at radius 2 is 2.32 bits per heavy atom. The van der Waals surface area contributed by atoms with Crippen LogP contribution in [0.25, 0.3) is 0 Å². The summed E-state index contributed by atoms with van der Waals surface area (Å²) in [4.78, 5) is 21.2. The molecule has 1 fully saturated rings. The molecule has 1 saturated heterocycles. The van der Waals surface area contributed by atoms with Gasteiger partial charge in [0.2, 0.25) is 0 Å². The summed E-state index contributed by atoms with van der Waals surface area (Å²) in [5.74, 6) is -2.11. The molecule has 0 aromatic rings. The lowest BCUT2D eigenvalue weighted by atomic mass is 10.1. The molecule has 0 amide bonds. The molecule has 3 unspecified atom stereocenters. The zero-order valence-electron chi connectivity index (χ0n) is 11.5. The fourth-order valence-electron chi connectivity index (χ4n) is 1.81. The van der Waals surface area contributed by atoms with E-state index in [-0.39, 0.29) is 6.10 Å². The molecule has 0 radical (unpaired) electrons. The second-order valence-electron chi connectivity index (χ2n) is 4.63. The maximum atomic E-state index is 11.4. The molecule has 1 rings (SSSR count). The Morgan fingerprint density at radius 3 is 2.95 bits per heavy atom. The van der Waals surface area contributed by atoms with Crippen LogP contribution in [0.4, 0.5) is 0 Å². The fourth-order valence-corrected chi connectivity index (χ4v) is 1.81. The lowest BCUT2D eigenvalue weighted by Gasteiger charge is -2.16. The van der Waals surface area contributed by atoms with Gasteiger partial charge in [-0.1, -0.05) is 12.5 Å². The first-order valence-corrected chi connectivity index (χ1v) is 6.41. The molecule has 0 aliphatic carbocycles. The molecule has 6 nitrogen and oxygen atoms in total. The van der Waals surface area contributed by atoms with Crippen molar-refractivity contribution in [2.75, 3.05) is 7.11 Å². The number of aliphatic hydroxyl groups excluding tert-OH is 1. The SMILES string of the molecule is C=CCC(O)CCCCC1OOC(C)(C(=O)OC)O1. The third-order valence-corrected chi connectivity index (χ3v) is 2.89. The van der Waals surface area contributed by atoms with E-state index in [0.29, 0.717) is 19.3 Å². The average Bonchev–Trinajstić information content (AvgIpc) is 2.77. The van der Waals surface area contributed by atoms with Crippen LogP contribution in [0.3, 0.4) is 0 Å². The van der Waals surface area contributed by atoms with E-state index in [0.717, 1.165) is 12.8 Å². The van der Waals surface area contributed by atoms with Crippen molar-refractivity contribution >= 4 is 5.97 Å². The number of hydrogen-bond donors (Lipinski definition) is 1. The van der Waals surface area contributed by atoms with Crippen LogP contribution in [0, 0.1) is 0 Å². The number of hydrogen-bond acceptors (Lipinski definition) is 6. The molecule has 0 bridgehead atoms. The molecular formula is C13H22O6. The maximum Gasteiger partial charge on any atom is 0.369 e. The number of rotatable bonds is 8. The molecule has 3 atom stereocenters. The van der Waals surface area contributed by atoms with Crippen LogP contribution in [-0.4, -0.2) is 36.4 Å². The van der Waals surface area contributed by atoms with Gasteiger partial charge in [0.25, 0.3) is 5.79 Å². The maximum absolute atomic E-state index is 11.4. The minimum atomic E-state index is -1.48. The van der Waals surface area contributed by atoms with E-state index in [1.54, 1.807) is 6.08 Å². The molecule has 19 heavy (non-hydrogen) atoms. The largest absolute Gasteiger partial charge is 0.465 e. The van der Waals surface area contributed by atoms with Gasteiger partial charge in [-0.25, -0.2) is 9.68 Å². The molecule has 1 aliphatic heterocycles. The van der Waals surface area contributed by atoms with Crippen LogP contribution in [0.1, 0.15) is 39.0 Å². The Bertz CT molecular complexity index is 306. The summed E-state index contributed by atoms with van der Waals surface area (Å²) in [6.45, 7) is 5.02. The zero-order valence-corrected chi connectivity index (χ0v) is 11.5. The van der Waals surface area contributed by atoms with E-state index < -0.39 is 18.0 Å². The molecule has 110 valence electrons. The van der Waals surface area contributed by atoms with E-state index in [2.05, 4.69) is 11.3 Å². The van der Waals surface area contributed by atoms with Gasteiger partial charge >= 0.3 is 5.97 Å². The summed E-state index contributed by atoms with van der Waals surface area (Å²) in [6.07, 6.45) is 4.30. The predicted molar refractivity (Wildman–Crippen MR) is 66.8 cm³/mol. The molecule has 1 aliphatic rings. The summed E-state index contributed by atoms with van der Waals surface area (Å²) in [7, 11) is 1.26. The second-order valence-corrected chi connectivity index (χ2v) is 4.63.